The molecule has 3 heteroatoms. The van der Waals surface area contributed by atoms with Gasteiger partial charge in [0.15, 0.2) is 17.5 Å². The summed E-state index contributed by atoms with van der Waals surface area (Å²) >= 11 is 0. The zero-order valence-electron chi connectivity index (χ0n) is 13.4. The van der Waals surface area contributed by atoms with E-state index in [0.29, 0.717) is 5.92 Å². The van der Waals surface area contributed by atoms with Crippen LogP contribution in [-0.2, 0) is 0 Å². The fourth-order valence-electron chi connectivity index (χ4n) is 4.15. The van der Waals surface area contributed by atoms with Gasteiger partial charge in [0.1, 0.15) is 0 Å². The minimum Gasteiger partial charge on any atom is -0.204 e. The first kappa shape index (κ1) is 16.4. The molecule has 0 bridgehead atoms. The number of hydrogen-bond donors (Lipinski definition) is 0. The molecule has 3 rings (SSSR count). The van der Waals surface area contributed by atoms with E-state index in [0.717, 1.165) is 36.8 Å². The van der Waals surface area contributed by atoms with Crippen LogP contribution < -0.4 is 0 Å². The van der Waals surface area contributed by atoms with Crippen molar-refractivity contribution in [3.8, 4) is 11.8 Å². The number of hydrogen-bond acceptors (Lipinski definition) is 0. The molecule has 0 atom stereocenters. The molecular weight excluding hydrogens is 297 g/mol. The van der Waals surface area contributed by atoms with Gasteiger partial charge in [0.2, 0.25) is 0 Å². The molecule has 0 amide bonds. The summed E-state index contributed by atoms with van der Waals surface area (Å²) in [5.74, 6) is 4.22. The second-order valence-corrected chi connectivity index (χ2v) is 7.03. The van der Waals surface area contributed by atoms with E-state index in [1.165, 1.54) is 44.9 Å². The lowest BCUT2D eigenvalue weighted by atomic mass is 9.71. The lowest BCUT2D eigenvalue weighted by Gasteiger charge is -2.34. The van der Waals surface area contributed by atoms with Gasteiger partial charge in [0.05, 0.1) is 0 Å². The summed E-state index contributed by atoms with van der Waals surface area (Å²) in [7, 11) is 0. The zero-order chi connectivity index (χ0) is 16.2. The average Bonchev–Trinajstić information content (AvgIpc) is 2.59. The highest BCUT2D eigenvalue weighted by atomic mass is 19.2. The third-order valence-corrected chi connectivity index (χ3v) is 5.49. The van der Waals surface area contributed by atoms with Crippen LogP contribution in [0.25, 0.3) is 0 Å². The van der Waals surface area contributed by atoms with Gasteiger partial charge in [-0.1, -0.05) is 43.9 Å². The molecule has 0 radical (unpaired) electrons. The van der Waals surface area contributed by atoms with Crippen LogP contribution >= 0.6 is 0 Å². The van der Waals surface area contributed by atoms with Crippen LogP contribution in [-0.4, -0.2) is 0 Å². The van der Waals surface area contributed by atoms with Gasteiger partial charge in [-0.05, 0) is 49.7 Å². The van der Waals surface area contributed by atoms with Crippen molar-refractivity contribution in [2.45, 2.75) is 57.8 Å². The van der Waals surface area contributed by atoms with Crippen molar-refractivity contribution in [2.24, 2.45) is 17.8 Å². The summed E-state index contributed by atoms with van der Waals surface area (Å²) in [6.07, 6.45) is 11.5. The Morgan fingerprint density at radius 2 is 1.30 bits per heavy atom. The third kappa shape index (κ3) is 4.10. The fourth-order valence-corrected chi connectivity index (χ4v) is 4.15. The van der Waals surface area contributed by atoms with E-state index >= 15 is 0 Å². The molecule has 1 aromatic rings. The van der Waals surface area contributed by atoms with E-state index < -0.39 is 17.5 Å². The predicted molar refractivity (Wildman–Crippen MR) is 85.2 cm³/mol. The SMILES string of the molecule is Fc1cc(C#CC2CCC(C3CCCCC3)CC2)cc(F)c1F. The molecule has 23 heavy (non-hydrogen) atoms. The van der Waals surface area contributed by atoms with E-state index in [2.05, 4.69) is 11.8 Å². The van der Waals surface area contributed by atoms with E-state index in [-0.39, 0.29) is 5.56 Å². The Balaban J connectivity index is 1.57. The molecule has 0 aliphatic heterocycles. The summed E-state index contributed by atoms with van der Waals surface area (Å²) in [6, 6.07) is 1.94. The van der Waals surface area contributed by atoms with Crippen LogP contribution in [0, 0.1) is 47.0 Å². The van der Waals surface area contributed by atoms with Crippen LogP contribution in [0.5, 0.6) is 0 Å². The second-order valence-electron chi connectivity index (χ2n) is 7.03. The molecule has 2 fully saturated rings. The van der Waals surface area contributed by atoms with Crippen LogP contribution in [0.15, 0.2) is 12.1 Å². The molecule has 2 saturated carbocycles. The van der Waals surface area contributed by atoms with Crippen molar-refractivity contribution in [1.82, 2.24) is 0 Å². The Morgan fingerprint density at radius 3 is 1.91 bits per heavy atom. The van der Waals surface area contributed by atoms with Crippen molar-refractivity contribution < 1.29 is 13.2 Å². The normalized spacial score (nSPS) is 25.7. The minimum atomic E-state index is -1.43. The molecule has 0 aromatic heterocycles. The van der Waals surface area contributed by atoms with Crippen LogP contribution in [0.1, 0.15) is 63.4 Å². The van der Waals surface area contributed by atoms with Gasteiger partial charge in [-0.3, -0.25) is 0 Å². The Labute approximate surface area is 136 Å². The van der Waals surface area contributed by atoms with Crippen molar-refractivity contribution >= 4 is 0 Å². The molecule has 0 saturated heterocycles. The van der Waals surface area contributed by atoms with Crippen molar-refractivity contribution in [2.75, 3.05) is 0 Å². The van der Waals surface area contributed by atoms with Gasteiger partial charge in [-0.2, -0.15) is 0 Å². The molecule has 0 spiro atoms. The van der Waals surface area contributed by atoms with Gasteiger partial charge < -0.3 is 0 Å². The second kappa shape index (κ2) is 7.43. The largest absolute Gasteiger partial charge is 0.204 e. The molecular formula is C20H23F3. The van der Waals surface area contributed by atoms with E-state index in [9.17, 15) is 13.2 Å². The number of halogens is 3. The Bertz CT molecular complexity index is 574. The maximum atomic E-state index is 13.2. The molecule has 2 aliphatic rings. The highest BCUT2D eigenvalue weighted by Gasteiger charge is 2.27. The summed E-state index contributed by atoms with van der Waals surface area (Å²) in [4.78, 5) is 0. The summed E-state index contributed by atoms with van der Waals surface area (Å²) < 4.78 is 39.3. The van der Waals surface area contributed by atoms with Crippen molar-refractivity contribution in [1.29, 1.82) is 0 Å². The van der Waals surface area contributed by atoms with Gasteiger partial charge in [-0.15, -0.1) is 0 Å². The Hall–Kier alpha value is -1.43. The summed E-state index contributed by atoms with van der Waals surface area (Å²) in [5.41, 5.74) is 0.218. The topological polar surface area (TPSA) is 0 Å². The maximum absolute atomic E-state index is 13.2. The predicted octanol–water partition coefficient (Wildman–Crippen LogP) is 5.84. The standard InChI is InChI=1S/C20H23F3/c21-18-12-15(13-19(22)20(18)23)7-6-14-8-10-17(11-9-14)16-4-2-1-3-5-16/h12-14,16-17H,1-5,8-11H2. The van der Waals surface area contributed by atoms with E-state index in [1.807, 2.05) is 0 Å². The molecule has 1 aromatic carbocycles. The number of benzene rings is 1. The molecule has 124 valence electrons. The highest BCUT2D eigenvalue weighted by molar-refractivity contribution is 5.35. The molecule has 0 heterocycles. The first-order valence-corrected chi connectivity index (χ1v) is 8.79. The van der Waals surface area contributed by atoms with Gasteiger partial charge >= 0.3 is 0 Å². The van der Waals surface area contributed by atoms with E-state index in [1.54, 1.807) is 0 Å². The quantitative estimate of drug-likeness (QED) is 0.450. The Morgan fingerprint density at radius 1 is 0.739 bits per heavy atom. The van der Waals surface area contributed by atoms with Crippen molar-refractivity contribution in [3.05, 3.63) is 35.1 Å². The molecule has 0 nitrogen and oxygen atoms in total. The third-order valence-electron chi connectivity index (χ3n) is 5.49. The fraction of sp³-hybridized carbons (Fsp3) is 0.600. The highest BCUT2D eigenvalue weighted by Crippen LogP contribution is 2.39. The number of rotatable bonds is 1. The van der Waals surface area contributed by atoms with Crippen molar-refractivity contribution in [3.63, 3.8) is 0 Å². The van der Waals surface area contributed by atoms with Crippen LogP contribution in [0.4, 0.5) is 13.2 Å². The van der Waals surface area contributed by atoms with Gasteiger partial charge in [-0.25, -0.2) is 13.2 Å². The van der Waals surface area contributed by atoms with E-state index in [4.69, 9.17) is 0 Å². The molecule has 2 aliphatic carbocycles. The minimum absolute atomic E-state index is 0.218. The molecule has 0 unspecified atom stereocenters. The Kier molecular flexibility index (Phi) is 5.30. The van der Waals surface area contributed by atoms with Crippen LogP contribution in [0.3, 0.4) is 0 Å². The first-order valence-electron chi connectivity index (χ1n) is 8.79. The smallest absolute Gasteiger partial charge is 0.194 e. The first-order chi connectivity index (χ1) is 11.1. The van der Waals surface area contributed by atoms with Gasteiger partial charge in [0, 0.05) is 11.5 Å². The summed E-state index contributed by atoms with van der Waals surface area (Å²) in [5, 5.41) is 0. The lowest BCUT2D eigenvalue weighted by molar-refractivity contribution is 0.182. The van der Waals surface area contributed by atoms with Crippen LogP contribution in [0.2, 0.25) is 0 Å². The molecule has 0 N–H and O–H groups in total. The average molecular weight is 320 g/mol. The lowest BCUT2D eigenvalue weighted by Crippen LogP contribution is -2.23. The zero-order valence-corrected chi connectivity index (χ0v) is 13.4. The van der Waals surface area contributed by atoms with Gasteiger partial charge in [0.25, 0.3) is 0 Å². The summed E-state index contributed by atoms with van der Waals surface area (Å²) in [6.45, 7) is 0. The maximum Gasteiger partial charge on any atom is 0.194 e. The monoisotopic (exact) mass is 320 g/mol.